The quantitative estimate of drug-likeness (QED) is 0.769. The number of amides is 2. The first-order valence-corrected chi connectivity index (χ1v) is 7.14. The van der Waals surface area contributed by atoms with Crippen LogP contribution >= 0.6 is 0 Å². The fourth-order valence-electron chi connectivity index (χ4n) is 2.08. The van der Waals surface area contributed by atoms with E-state index in [1.165, 1.54) is 4.90 Å². The number of methoxy groups -OCH3 is 1. The van der Waals surface area contributed by atoms with E-state index in [0.717, 1.165) is 5.56 Å². The zero-order valence-electron chi connectivity index (χ0n) is 13.3. The van der Waals surface area contributed by atoms with Gasteiger partial charge in [-0.05, 0) is 31.5 Å². The molecule has 5 nitrogen and oxygen atoms in total. The van der Waals surface area contributed by atoms with Gasteiger partial charge in [-0.1, -0.05) is 12.1 Å². The molecule has 1 aromatic carbocycles. The van der Waals surface area contributed by atoms with Gasteiger partial charge in [0.25, 0.3) is 5.91 Å². The molecule has 5 heteroatoms. The van der Waals surface area contributed by atoms with Crippen molar-refractivity contribution in [2.45, 2.75) is 20.5 Å². The number of benzene rings is 1. The summed E-state index contributed by atoms with van der Waals surface area (Å²) in [5.74, 6) is -0.189. The lowest BCUT2D eigenvalue weighted by Gasteiger charge is -2.23. The molecule has 0 aromatic heterocycles. The van der Waals surface area contributed by atoms with E-state index in [1.54, 1.807) is 31.2 Å². The Labute approximate surface area is 126 Å². The molecule has 0 aliphatic carbocycles. The number of hydrogen-bond donors (Lipinski definition) is 0. The number of hydrogen-bond acceptors (Lipinski definition) is 3. The number of carbonyl (C=O) groups excluding carboxylic acids is 2. The van der Waals surface area contributed by atoms with E-state index in [1.807, 2.05) is 26.0 Å². The monoisotopic (exact) mass is 292 g/mol. The number of nitrogens with zero attached hydrogens (tertiary/aromatic N) is 2. The molecule has 116 valence electrons. The smallest absolute Gasteiger partial charge is 0.254 e. The van der Waals surface area contributed by atoms with Crippen LogP contribution in [-0.4, -0.2) is 55.4 Å². The Kier molecular flexibility index (Phi) is 6.88. The van der Waals surface area contributed by atoms with Crippen molar-refractivity contribution in [2.24, 2.45) is 0 Å². The third kappa shape index (κ3) is 4.86. The number of likely N-dealkylation sites (N-methyl/N-ethyl adjacent to an activating group) is 2. The van der Waals surface area contributed by atoms with Gasteiger partial charge in [0.2, 0.25) is 5.91 Å². The summed E-state index contributed by atoms with van der Waals surface area (Å²) in [6.45, 7) is 5.78. The van der Waals surface area contributed by atoms with Crippen molar-refractivity contribution >= 4 is 11.8 Å². The average Bonchev–Trinajstić information content (AvgIpc) is 2.48. The van der Waals surface area contributed by atoms with E-state index in [0.29, 0.717) is 25.3 Å². The highest BCUT2D eigenvalue weighted by Crippen LogP contribution is 2.08. The van der Waals surface area contributed by atoms with E-state index in [-0.39, 0.29) is 18.4 Å². The van der Waals surface area contributed by atoms with Crippen molar-refractivity contribution in [2.75, 3.05) is 33.8 Å². The van der Waals surface area contributed by atoms with Gasteiger partial charge < -0.3 is 14.5 Å². The molecule has 0 aliphatic heterocycles. The van der Waals surface area contributed by atoms with Crippen LogP contribution in [0.2, 0.25) is 0 Å². The Morgan fingerprint density at radius 2 is 1.67 bits per heavy atom. The minimum absolute atomic E-state index is 0.0353. The van der Waals surface area contributed by atoms with Gasteiger partial charge in [-0.25, -0.2) is 0 Å². The molecule has 0 saturated heterocycles. The molecule has 0 atom stereocenters. The summed E-state index contributed by atoms with van der Waals surface area (Å²) >= 11 is 0. The summed E-state index contributed by atoms with van der Waals surface area (Å²) < 4.78 is 5.03. The van der Waals surface area contributed by atoms with Crippen LogP contribution in [0.15, 0.2) is 24.3 Å². The van der Waals surface area contributed by atoms with Crippen LogP contribution < -0.4 is 0 Å². The maximum absolute atomic E-state index is 12.3. The molecule has 0 spiro atoms. The van der Waals surface area contributed by atoms with Gasteiger partial charge in [-0.2, -0.15) is 0 Å². The topological polar surface area (TPSA) is 49.9 Å². The Morgan fingerprint density at radius 3 is 2.14 bits per heavy atom. The maximum atomic E-state index is 12.3. The average molecular weight is 292 g/mol. The summed E-state index contributed by atoms with van der Waals surface area (Å²) in [5.41, 5.74) is 1.58. The fourth-order valence-corrected chi connectivity index (χ4v) is 2.08. The van der Waals surface area contributed by atoms with Crippen molar-refractivity contribution in [3.05, 3.63) is 35.4 Å². The van der Waals surface area contributed by atoms with Crippen LogP contribution in [0.25, 0.3) is 0 Å². The number of rotatable bonds is 7. The lowest BCUT2D eigenvalue weighted by atomic mass is 10.1. The van der Waals surface area contributed by atoms with Gasteiger partial charge in [0, 0.05) is 32.8 Å². The van der Waals surface area contributed by atoms with Gasteiger partial charge in [-0.3, -0.25) is 9.59 Å². The first-order valence-electron chi connectivity index (χ1n) is 7.14. The van der Waals surface area contributed by atoms with Crippen molar-refractivity contribution < 1.29 is 14.3 Å². The van der Waals surface area contributed by atoms with Crippen LogP contribution in [0.4, 0.5) is 0 Å². The Hall–Kier alpha value is -1.88. The maximum Gasteiger partial charge on any atom is 0.254 e. The van der Waals surface area contributed by atoms with Gasteiger partial charge >= 0.3 is 0 Å². The lowest BCUT2D eigenvalue weighted by Crippen LogP contribution is -2.41. The molecule has 0 radical (unpaired) electrons. The zero-order chi connectivity index (χ0) is 15.8. The highest BCUT2D eigenvalue weighted by Gasteiger charge is 2.17. The van der Waals surface area contributed by atoms with Crippen molar-refractivity contribution in [1.82, 2.24) is 9.80 Å². The van der Waals surface area contributed by atoms with Crippen LogP contribution in [0.5, 0.6) is 0 Å². The summed E-state index contributed by atoms with van der Waals surface area (Å²) in [6.07, 6.45) is 0. The predicted octanol–water partition coefficient (Wildman–Crippen LogP) is 1.77. The molecule has 0 heterocycles. The molecule has 21 heavy (non-hydrogen) atoms. The van der Waals surface area contributed by atoms with Crippen molar-refractivity contribution in [3.8, 4) is 0 Å². The third-order valence-electron chi connectivity index (χ3n) is 3.35. The Bertz CT molecular complexity index is 467. The SMILES string of the molecule is CCN(CC)C(=O)CN(C)C(=O)c1ccc(COC)cc1. The minimum Gasteiger partial charge on any atom is -0.380 e. The zero-order valence-corrected chi connectivity index (χ0v) is 13.3. The fraction of sp³-hybridized carbons (Fsp3) is 0.500. The van der Waals surface area contributed by atoms with Crippen LogP contribution in [0, 0.1) is 0 Å². The lowest BCUT2D eigenvalue weighted by molar-refractivity contribution is -0.131. The molecule has 0 bridgehead atoms. The van der Waals surface area contributed by atoms with Gasteiger partial charge in [0.1, 0.15) is 0 Å². The van der Waals surface area contributed by atoms with Crippen LogP contribution in [-0.2, 0) is 16.1 Å². The molecule has 1 rings (SSSR count). The second-order valence-corrected chi connectivity index (χ2v) is 4.86. The second-order valence-electron chi connectivity index (χ2n) is 4.86. The van der Waals surface area contributed by atoms with E-state index < -0.39 is 0 Å². The molecule has 1 aromatic rings. The van der Waals surface area contributed by atoms with E-state index in [4.69, 9.17) is 4.74 Å². The van der Waals surface area contributed by atoms with Gasteiger partial charge in [0.05, 0.1) is 13.2 Å². The summed E-state index contributed by atoms with van der Waals surface area (Å²) in [4.78, 5) is 27.4. The third-order valence-corrected chi connectivity index (χ3v) is 3.35. The molecule has 2 amide bonds. The number of ether oxygens (including phenoxy) is 1. The van der Waals surface area contributed by atoms with Crippen LogP contribution in [0.3, 0.4) is 0 Å². The van der Waals surface area contributed by atoms with E-state index in [9.17, 15) is 9.59 Å². The van der Waals surface area contributed by atoms with Crippen LogP contribution in [0.1, 0.15) is 29.8 Å². The molecule has 0 unspecified atom stereocenters. The Morgan fingerprint density at radius 1 is 1.10 bits per heavy atom. The molecule has 0 N–H and O–H groups in total. The highest BCUT2D eigenvalue weighted by atomic mass is 16.5. The molecule has 0 aliphatic rings. The molecule has 0 fully saturated rings. The largest absolute Gasteiger partial charge is 0.380 e. The van der Waals surface area contributed by atoms with Gasteiger partial charge in [0.15, 0.2) is 0 Å². The number of carbonyl (C=O) groups is 2. The van der Waals surface area contributed by atoms with Crippen molar-refractivity contribution in [1.29, 1.82) is 0 Å². The van der Waals surface area contributed by atoms with E-state index >= 15 is 0 Å². The second kappa shape index (κ2) is 8.42. The molecule has 0 saturated carbocycles. The standard InChI is InChI=1S/C16H24N2O3/c1-5-18(6-2)15(19)11-17(3)16(20)14-9-7-13(8-10-14)12-21-4/h7-10H,5-6,11-12H2,1-4H3. The molecular formula is C16H24N2O3. The van der Waals surface area contributed by atoms with Crippen molar-refractivity contribution in [3.63, 3.8) is 0 Å². The highest BCUT2D eigenvalue weighted by molar-refractivity contribution is 5.96. The van der Waals surface area contributed by atoms with Gasteiger partial charge in [-0.15, -0.1) is 0 Å². The first kappa shape index (κ1) is 17.2. The first-order chi connectivity index (χ1) is 10.0. The normalized spacial score (nSPS) is 10.3. The minimum atomic E-state index is -0.153. The summed E-state index contributed by atoms with van der Waals surface area (Å²) in [6, 6.07) is 7.23. The van der Waals surface area contributed by atoms with E-state index in [2.05, 4.69) is 0 Å². The summed E-state index contributed by atoms with van der Waals surface area (Å²) in [5, 5.41) is 0. The Balaban J connectivity index is 2.67. The molecular weight excluding hydrogens is 268 g/mol. The summed E-state index contributed by atoms with van der Waals surface area (Å²) in [7, 11) is 3.28. The predicted molar refractivity (Wildman–Crippen MR) is 82.0 cm³/mol.